The van der Waals surface area contributed by atoms with Gasteiger partial charge in [0.2, 0.25) is 11.8 Å². The third-order valence-corrected chi connectivity index (χ3v) is 8.98. The predicted octanol–water partition coefficient (Wildman–Crippen LogP) is 6.38. The fourth-order valence-electron chi connectivity index (χ4n) is 6.23. The van der Waals surface area contributed by atoms with Crippen molar-refractivity contribution in [2.75, 3.05) is 10.2 Å². The Morgan fingerprint density at radius 1 is 1.00 bits per heavy atom. The van der Waals surface area contributed by atoms with E-state index in [1.54, 1.807) is 41.3 Å². The first-order valence-corrected chi connectivity index (χ1v) is 14.8. The largest absolute Gasteiger partial charge is 0.349 e. The van der Waals surface area contributed by atoms with Gasteiger partial charge < -0.3 is 21.3 Å². The zero-order chi connectivity index (χ0) is 27.5. The van der Waals surface area contributed by atoms with E-state index >= 15 is 0 Å². The second-order valence-corrected chi connectivity index (χ2v) is 12.0. The van der Waals surface area contributed by atoms with Gasteiger partial charge in [-0.05, 0) is 73.9 Å². The molecule has 0 aromatic heterocycles. The van der Waals surface area contributed by atoms with Gasteiger partial charge in [0.05, 0.1) is 23.8 Å². The van der Waals surface area contributed by atoms with E-state index in [1.165, 1.54) is 12.8 Å². The molecular weight excluding hydrogens is 535 g/mol. The van der Waals surface area contributed by atoms with E-state index in [2.05, 4.69) is 10.6 Å². The molecular formula is C30H36Cl2N4O3. The summed E-state index contributed by atoms with van der Waals surface area (Å²) in [6.07, 6.45) is 9.44. The zero-order valence-electron chi connectivity index (χ0n) is 22.1. The van der Waals surface area contributed by atoms with Gasteiger partial charge in [-0.2, -0.15) is 0 Å². The fourth-order valence-corrected chi connectivity index (χ4v) is 6.77. The van der Waals surface area contributed by atoms with Gasteiger partial charge in [-0.25, -0.2) is 0 Å². The summed E-state index contributed by atoms with van der Waals surface area (Å²) in [7, 11) is 0. The number of nitrogens with one attached hydrogen (secondary N) is 2. The average Bonchev–Trinajstić information content (AvgIpc) is 3.38. The molecule has 2 saturated carbocycles. The van der Waals surface area contributed by atoms with Crippen LogP contribution >= 0.6 is 23.2 Å². The summed E-state index contributed by atoms with van der Waals surface area (Å²) < 4.78 is 0. The van der Waals surface area contributed by atoms with Crippen LogP contribution in [0.15, 0.2) is 36.4 Å². The highest BCUT2D eigenvalue weighted by molar-refractivity contribution is 6.35. The Morgan fingerprint density at radius 2 is 1.74 bits per heavy atom. The number of anilines is 2. The van der Waals surface area contributed by atoms with Crippen molar-refractivity contribution in [1.29, 1.82) is 0 Å². The molecule has 1 atom stereocenters. The maximum Gasteiger partial charge on any atom is 0.251 e. The predicted molar refractivity (Wildman–Crippen MR) is 155 cm³/mol. The molecule has 1 heterocycles. The van der Waals surface area contributed by atoms with Gasteiger partial charge >= 0.3 is 0 Å². The van der Waals surface area contributed by atoms with Gasteiger partial charge in [0.15, 0.2) is 0 Å². The second kappa shape index (κ2) is 12.3. The van der Waals surface area contributed by atoms with Crippen molar-refractivity contribution in [2.45, 2.75) is 88.8 Å². The van der Waals surface area contributed by atoms with Crippen LogP contribution in [0.2, 0.25) is 10.0 Å². The third-order valence-electron chi connectivity index (χ3n) is 8.42. The van der Waals surface area contributed by atoms with Crippen molar-refractivity contribution >= 4 is 52.3 Å². The molecule has 1 unspecified atom stereocenters. The SMILES string of the molecule is NC1CCC(NC(=O)c2ccc3c(c2)NC(=O)CC(c2ccc(Cl)cc2Cl)N3C(=O)CCC2CCCC2)CC1. The van der Waals surface area contributed by atoms with Gasteiger partial charge in [0.25, 0.3) is 5.91 Å². The fraction of sp³-hybridized carbons (Fsp3) is 0.500. The van der Waals surface area contributed by atoms with Crippen molar-refractivity contribution < 1.29 is 14.4 Å². The first kappa shape index (κ1) is 27.9. The molecule has 2 aromatic carbocycles. The Balaban J connectivity index is 1.46. The van der Waals surface area contributed by atoms with Crippen molar-refractivity contribution in [2.24, 2.45) is 11.7 Å². The van der Waals surface area contributed by atoms with E-state index in [1.807, 2.05) is 0 Å². The molecule has 3 aliphatic rings. The number of rotatable bonds is 6. The Bertz CT molecular complexity index is 1240. The summed E-state index contributed by atoms with van der Waals surface area (Å²) in [4.78, 5) is 41.8. The van der Waals surface area contributed by atoms with Crippen molar-refractivity contribution in [3.05, 3.63) is 57.6 Å². The van der Waals surface area contributed by atoms with Crippen LogP contribution in [0.3, 0.4) is 0 Å². The second-order valence-electron chi connectivity index (χ2n) is 11.2. The zero-order valence-corrected chi connectivity index (χ0v) is 23.6. The molecule has 0 bridgehead atoms. The molecule has 1 aliphatic heterocycles. The van der Waals surface area contributed by atoms with E-state index < -0.39 is 6.04 Å². The lowest BCUT2D eigenvalue weighted by atomic mass is 9.91. The van der Waals surface area contributed by atoms with E-state index in [-0.39, 0.29) is 36.2 Å². The van der Waals surface area contributed by atoms with Crippen LogP contribution in [-0.4, -0.2) is 29.8 Å². The van der Waals surface area contributed by atoms with Crippen molar-refractivity contribution in [3.8, 4) is 0 Å². The Hall–Kier alpha value is -2.61. The lowest BCUT2D eigenvalue weighted by Crippen LogP contribution is -2.40. The maximum absolute atomic E-state index is 13.9. The van der Waals surface area contributed by atoms with Gasteiger partial charge in [-0.1, -0.05) is 55.0 Å². The Kier molecular flexibility index (Phi) is 8.79. The summed E-state index contributed by atoms with van der Waals surface area (Å²) in [5.41, 5.74) is 8.11. The van der Waals surface area contributed by atoms with E-state index in [9.17, 15) is 14.4 Å². The maximum atomic E-state index is 13.9. The first-order chi connectivity index (χ1) is 18.8. The molecule has 0 spiro atoms. The summed E-state index contributed by atoms with van der Waals surface area (Å²) in [5, 5.41) is 6.93. The van der Waals surface area contributed by atoms with Crippen LogP contribution in [-0.2, 0) is 9.59 Å². The molecule has 9 heteroatoms. The van der Waals surface area contributed by atoms with E-state index in [0.717, 1.165) is 44.9 Å². The smallest absolute Gasteiger partial charge is 0.251 e. The van der Waals surface area contributed by atoms with Gasteiger partial charge in [0.1, 0.15) is 0 Å². The lowest BCUT2D eigenvalue weighted by Gasteiger charge is -2.32. The highest BCUT2D eigenvalue weighted by Gasteiger charge is 2.35. The van der Waals surface area contributed by atoms with Gasteiger partial charge in [-0.15, -0.1) is 0 Å². The highest BCUT2D eigenvalue weighted by Crippen LogP contribution is 2.42. The quantitative estimate of drug-likeness (QED) is 0.374. The normalized spacial score (nSPS) is 23.6. The molecule has 39 heavy (non-hydrogen) atoms. The monoisotopic (exact) mass is 570 g/mol. The molecule has 2 aliphatic carbocycles. The van der Waals surface area contributed by atoms with Crippen LogP contribution < -0.4 is 21.3 Å². The summed E-state index contributed by atoms with van der Waals surface area (Å²) in [6, 6.07) is 9.96. The van der Waals surface area contributed by atoms with Crippen LogP contribution in [0.5, 0.6) is 0 Å². The minimum atomic E-state index is -0.599. The molecule has 4 N–H and O–H groups in total. The summed E-state index contributed by atoms with van der Waals surface area (Å²) in [6.45, 7) is 0. The van der Waals surface area contributed by atoms with Crippen molar-refractivity contribution in [3.63, 3.8) is 0 Å². The number of benzene rings is 2. The van der Waals surface area contributed by atoms with Crippen molar-refractivity contribution in [1.82, 2.24) is 5.32 Å². The number of carbonyl (C=O) groups excluding carboxylic acids is 3. The molecule has 7 nitrogen and oxygen atoms in total. The number of hydrogen-bond acceptors (Lipinski definition) is 4. The molecule has 0 radical (unpaired) electrons. The topological polar surface area (TPSA) is 105 Å². The minimum Gasteiger partial charge on any atom is -0.349 e. The molecule has 2 fully saturated rings. The number of carbonyl (C=O) groups is 3. The van der Waals surface area contributed by atoms with Crippen LogP contribution in [0.25, 0.3) is 0 Å². The minimum absolute atomic E-state index is 0.0368. The van der Waals surface area contributed by atoms with Gasteiger partial charge in [-0.3, -0.25) is 14.4 Å². The Morgan fingerprint density at radius 3 is 2.46 bits per heavy atom. The first-order valence-electron chi connectivity index (χ1n) is 14.1. The number of halogens is 2. The van der Waals surface area contributed by atoms with Crippen LogP contribution in [0, 0.1) is 5.92 Å². The van der Waals surface area contributed by atoms with Gasteiger partial charge in [0, 0.05) is 34.1 Å². The summed E-state index contributed by atoms with van der Waals surface area (Å²) in [5.74, 6) is 0.0369. The van der Waals surface area contributed by atoms with Crippen LogP contribution in [0.1, 0.15) is 92.6 Å². The highest BCUT2D eigenvalue weighted by atomic mass is 35.5. The number of nitrogens with zero attached hydrogens (tertiary/aromatic N) is 1. The molecule has 208 valence electrons. The third kappa shape index (κ3) is 6.59. The summed E-state index contributed by atoms with van der Waals surface area (Å²) >= 11 is 12.7. The molecule has 5 rings (SSSR count). The van der Waals surface area contributed by atoms with E-state index in [4.69, 9.17) is 28.9 Å². The van der Waals surface area contributed by atoms with E-state index in [0.29, 0.717) is 44.9 Å². The standard InChI is InChI=1S/C30H36Cl2N4O3/c31-20-7-12-23(24(32)16-20)27-17-28(37)35-25-15-19(30(39)34-22-10-8-21(33)9-11-22)6-13-26(25)36(27)29(38)14-5-18-3-1-2-4-18/h6-7,12-13,15-16,18,21-22,27H,1-5,8-11,14,17,33H2,(H,34,39)(H,35,37). The number of fused-ring (bicyclic) bond motifs is 1. The average molecular weight is 572 g/mol. The number of hydrogen-bond donors (Lipinski definition) is 3. The lowest BCUT2D eigenvalue weighted by molar-refractivity contribution is -0.119. The van der Waals surface area contributed by atoms with Crippen LogP contribution in [0.4, 0.5) is 11.4 Å². The number of nitrogens with two attached hydrogens (primary N) is 1. The Labute approximate surface area is 239 Å². The molecule has 2 aromatic rings. The number of amides is 3. The molecule has 0 saturated heterocycles. The molecule has 3 amide bonds.